The summed E-state index contributed by atoms with van der Waals surface area (Å²) in [6, 6.07) is 17.6. The lowest BCUT2D eigenvalue weighted by Crippen LogP contribution is -2.26. The Balaban J connectivity index is 1.63. The Morgan fingerprint density at radius 1 is 1.05 bits per heavy atom. The SMILES string of the molecule is CCOc1ccc(CN(c2ccc(C(=O)NCCC(=O)O)cc2)c2nc(-c3ccc(C(F)(F)F)cc3)cs2)cc1C. The number of nitrogens with one attached hydrogen (secondary N) is 1. The third kappa shape index (κ3) is 7.63. The minimum atomic E-state index is -4.42. The summed E-state index contributed by atoms with van der Waals surface area (Å²) < 4.78 is 44.7. The van der Waals surface area contributed by atoms with Gasteiger partial charge in [0.15, 0.2) is 5.13 Å². The van der Waals surface area contributed by atoms with E-state index in [0.717, 1.165) is 34.7 Å². The Hall–Kier alpha value is -4.38. The average Bonchev–Trinajstić information content (AvgIpc) is 3.43. The number of alkyl halides is 3. The first kappa shape index (κ1) is 29.6. The van der Waals surface area contributed by atoms with Crippen molar-refractivity contribution >= 4 is 34.0 Å². The van der Waals surface area contributed by atoms with E-state index in [9.17, 15) is 22.8 Å². The maximum absolute atomic E-state index is 13.0. The fourth-order valence-electron chi connectivity index (χ4n) is 4.11. The molecule has 4 rings (SSSR count). The Bertz CT molecular complexity index is 1500. The number of carboxylic acids is 1. The van der Waals surface area contributed by atoms with Gasteiger partial charge in [-0.2, -0.15) is 13.2 Å². The fourth-order valence-corrected chi connectivity index (χ4v) is 4.96. The van der Waals surface area contributed by atoms with E-state index in [1.54, 1.807) is 29.6 Å². The van der Waals surface area contributed by atoms with Crippen molar-refractivity contribution in [3.05, 3.63) is 94.4 Å². The van der Waals surface area contributed by atoms with Crippen LogP contribution in [0, 0.1) is 6.92 Å². The zero-order valence-electron chi connectivity index (χ0n) is 22.4. The van der Waals surface area contributed by atoms with Crippen LogP contribution >= 0.6 is 11.3 Å². The predicted octanol–water partition coefficient (Wildman–Crippen LogP) is 7.08. The summed E-state index contributed by atoms with van der Waals surface area (Å²) in [5, 5.41) is 13.8. The minimum absolute atomic E-state index is 0.0188. The van der Waals surface area contributed by atoms with Crippen molar-refractivity contribution in [3.8, 4) is 17.0 Å². The Morgan fingerprint density at radius 3 is 2.37 bits per heavy atom. The Morgan fingerprint density at radius 2 is 1.76 bits per heavy atom. The normalized spacial score (nSPS) is 11.2. The van der Waals surface area contributed by atoms with E-state index < -0.39 is 17.7 Å². The first-order chi connectivity index (χ1) is 19.5. The maximum atomic E-state index is 13.0. The lowest BCUT2D eigenvalue weighted by Gasteiger charge is -2.23. The molecule has 0 spiro atoms. The van der Waals surface area contributed by atoms with Crippen LogP contribution in [-0.4, -0.2) is 35.1 Å². The third-order valence-corrected chi connectivity index (χ3v) is 7.04. The molecule has 0 fully saturated rings. The van der Waals surface area contributed by atoms with Gasteiger partial charge in [-0.1, -0.05) is 24.3 Å². The number of aryl methyl sites for hydroxylation is 1. The number of halogens is 3. The van der Waals surface area contributed by atoms with E-state index in [0.29, 0.717) is 35.1 Å². The number of amides is 1. The van der Waals surface area contributed by atoms with Crippen molar-refractivity contribution in [2.24, 2.45) is 0 Å². The maximum Gasteiger partial charge on any atom is 0.416 e. The summed E-state index contributed by atoms with van der Waals surface area (Å²) in [4.78, 5) is 29.8. The predicted molar refractivity (Wildman–Crippen MR) is 152 cm³/mol. The van der Waals surface area contributed by atoms with E-state index >= 15 is 0 Å². The summed E-state index contributed by atoms with van der Waals surface area (Å²) in [5.41, 5.74) is 3.45. The quantitative estimate of drug-likeness (QED) is 0.196. The van der Waals surface area contributed by atoms with Crippen LogP contribution in [0.2, 0.25) is 0 Å². The molecule has 3 aromatic carbocycles. The van der Waals surface area contributed by atoms with E-state index in [4.69, 9.17) is 14.8 Å². The summed E-state index contributed by atoms with van der Waals surface area (Å²) >= 11 is 1.35. The van der Waals surface area contributed by atoms with Crippen LogP contribution in [0.15, 0.2) is 72.1 Å². The molecule has 1 aromatic heterocycles. The smallest absolute Gasteiger partial charge is 0.416 e. The number of carbonyl (C=O) groups excluding carboxylic acids is 1. The molecule has 0 aliphatic heterocycles. The number of benzene rings is 3. The lowest BCUT2D eigenvalue weighted by atomic mass is 10.1. The highest BCUT2D eigenvalue weighted by molar-refractivity contribution is 7.14. The van der Waals surface area contributed by atoms with Crippen LogP contribution in [-0.2, 0) is 17.5 Å². The molecule has 1 amide bonds. The zero-order valence-corrected chi connectivity index (χ0v) is 23.2. The van der Waals surface area contributed by atoms with E-state index in [1.165, 1.54) is 23.5 Å². The second kappa shape index (κ2) is 12.9. The molecule has 214 valence electrons. The topological polar surface area (TPSA) is 91.8 Å². The molecule has 41 heavy (non-hydrogen) atoms. The fraction of sp³-hybridized carbons (Fsp3) is 0.233. The number of hydrogen-bond donors (Lipinski definition) is 2. The van der Waals surface area contributed by atoms with Crippen molar-refractivity contribution in [2.75, 3.05) is 18.1 Å². The molecule has 2 N–H and O–H groups in total. The highest BCUT2D eigenvalue weighted by Gasteiger charge is 2.30. The molecule has 0 aliphatic rings. The summed E-state index contributed by atoms with van der Waals surface area (Å²) in [6.45, 7) is 4.88. The van der Waals surface area contributed by atoms with Gasteiger partial charge in [0.2, 0.25) is 0 Å². The molecule has 4 aromatic rings. The molecule has 0 saturated heterocycles. The molecule has 0 bridgehead atoms. The molecule has 0 atom stereocenters. The molecule has 11 heteroatoms. The van der Waals surface area contributed by atoms with Gasteiger partial charge in [0.25, 0.3) is 5.91 Å². The Labute approximate surface area is 239 Å². The van der Waals surface area contributed by atoms with Crippen molar-refractivity contribution < 1.29 is 32.6 Å². The summed E-state index contributed by atoms with van der Waals surface area (Å²) in [5.74, 6) is -0.592. The monoisotopic (exact) mass is 583 g/mol. The highest BCUT2D eigenvalue weighted by Crippen LogP contribution is 2.36. The molecule has 0 aliphatic carbocycles. The molecular weight excluding hydrogens is 555 g/mol. The van der Waals surface area contributed by atoms with Crippen molar-refractivity contribution in [2.45, 2.75) is 33.0 Å². The van der Waals surface area contributed by atoms with Crippen molar-refractivity contribution in [1.29, 1.82) is 0 Å². The molecular formula is C30H28F3N3O4S. The largest absolute Gasteiger partial charge is 0.494 e. The van der Waals surface area contributed by atoms with Gasteiger partial charge in [-0.05, 0) is 67.4 Å². The van der Waals surface area contributed by atoms with Gasteiger partial charge in [0, 0.05) is 28.7 Å². The Kier molecular flexibility index (Phi) is 9.28. The first-order valence-corrected chi connectivity index (χ1v) is 13.7. The molecule has 7 nitrogen and oxygen atoms in total. The number of hydrogen-bond acceptors (Lipinski definition) is 6. The van der Waals surface area contributed by atoms with Crippen molar-refractivity contribution in [1.82, 2.24) is 10.3 Å². The molecule has 0 unspecified atom stereocenters. The molecule has 0 radical (unpaired) electrons. The number of thiazole rings is 1. The van der Waals surface area contributed by atoms with E-state index in [2.05, 4.69) is 5.32 Å². The lowest BCUT2D eigenvalue weighted by molar-refractivity contribution is -0.138. The summed E-state index contributed by atoms with van der Waals surface area (Å²) in [6.07, 6.45) is -4.60. The van der Waals surface area contributed by atoms with Crippen LogP contribution in [0.25, 0.3) is 11.3 Å². The van der Waals surface area contributed by atoms with Crippen LogP contribution in [0.3, 0.4) is 0 Å². The van der Waals surface area contributed by atoms with Gasteiger partial charge in [-0.3, -0.25) is 9.59 Å². The van der Waals surface area contributed by atoms with Crippen LogP contribution in [0.1, 0.15) is 40.4 Å². The minimum Gasteiger partial charge on any atom is -0.494 e. The number of carboxylic acid groups (broad SMARTS) is 1. The third-order valence-electron chi connectivity index (χ3n) is 6.18. The summed E-state index contributed by atoms with van der Waals surface area (Å²) in [7, 11) is 0. The average molecular weight is 584 g/mol. The van der Waals surface area contributed by atoms with Gasteiger partial charge < -0.3 is 20.1 Å². The first-order valence-electron chi connectivity index (χ1n) is 12.8. The molecule has 0 saturated carbocycles. The van der Waals surface area contributed by atoms with Gasteiger partial charge in [-0.15, -0.1) is 11.3 Å². The van der Waals surface area contributed by atoms with Gasteiger partial charge in [0.05, 0.1) is 30.8 Å². The second-order valence-corrected chi connectivity index (χ2v) is 9.99. The van der Waals surface area contributed by atoms with Crippen LogP contribution < -0.4 is 15.0 Å². The van der Waals surface area contributed by atoms with Crippen molar-refractivity contribution in [3.63, 3.8) is 0 Å². The number of anilines is 2. The number of aliphatic carboxylic acids is 1. The van der Waals surface area contributed by atoms with Gasteiger partial charge in [-0.25, -0.2) is 4.98 Å². The molecule has 1 heterocycles. The number of ether oxygens (including phenoxy) is 1. The standard InChI is InChI=1S/C30H28F3N3O4S/c1-3-40-26-13-4-20(16-19(26)2)17-36(24-11-7-22(8-12-24)28(39)34-15-14-27(37)38)29-35-25(18-41-29)21-5-9-23(10-6-21)30(31,32)33/h4-13,16,18H,3,14-15,17H2,1-2H3,(H,34,39)(H,37,38). The zero-order chi connectivity index (χ0) is 29.6. The van der Waals surface area contributed by atoms with Gasteiger partial charge in [0.1, 0.15) is 5.75 Å². The van der Waals surface area contributed by atoms with Gasteiger partial charge >= 0.3 is 12.1 Å². The second-order valence-electron chi connectivity index (χ2n) is 9.16. The number of carbonyl (C=O) groups is 2. The number of nitrogens with zero attached hydrogens (tertiary/aromatic N) is 2. The van der Waals surface area contributed by atoms with E-state index in [1.807, 2.05) is 36.9 Å². The van der Waals surface area contributed by atoms with E-state index in [-0.39, 0.29) is 18.9 Å². The number of aromatic nitrogens is 1. The van der Waals surface area contributed by atoms with Crippen LogP contribution in [0.5, 0.6) is 5.75 Å². The number of rotatable bonds is 11. The highest BCUT2D eigenvalue weighted by atomic mass is 32.1. The van der Waals surface area contributed by atoms with Crippen LogP contribution in [0.4, 0.5) is 24.0 Å².